The second kappa shape index (κ2) is 11.7. The first kappa shape index (κ1) is 16.3. The number of ketones is 1. The maximum atomic E-state index is 10.5. The summed E-state index contributed by atoms with van der Waals surface area (Å²) in [5.41, 5.74) is 0. The minimum Gasteiger partial charge on any atom is -0.0312 e. The van der Waals surface area contributed by atoms with Gasteiger partial charge in [-0.2, -0.15) is 0 Å². The third kappa shape index (κ3) is 10.1. The van der Waals surface area contributed by atoms with Crippen molar-refractivity contribution in [3.05, 3.63) is 50.9 Å². The molecule has 2 fully saturated rings. The van der Waals surface area contributed by atoms with Crippen LogP contribution in [0.4, 0.5) is 0 Å². The van der Waals surface area contributed by atoms with Crippen molar-refractivity contribution in [1.29, 1.82) is 0 Å². The van der Waals surface area contributed by atoms with Crippen molar-refractivity contribution in [3.63, 3.8) is 0 Å². The summed E-state index contributed by atoms with van der Waals surface area (Å²) in [6.45, 7) is 1.84. The van der Waals surface area contributed by atoms with Crippen LogP contribution in [0, 0.1) is 50.9 Å². The Labute approximate surface area is 114 Å². The van der Waals surface area contributed by atoms with E-state index in [2.05, 4.69) is 27.2 Å². The van der Waals surface area contributed by atoms with E-state index in [0.717, 1.165) is 5.92 Å². The molecule has 2 aliphatic carbocycles. The first-order chi connectivity index (χ1) is 7.22. The molecule has 0 saturated heterocycles. The standard InChI is InChI=1S/C6H7O.C5H5.2BrH.Ru/c1-5-3-2-4-6(5)7;1-2-4-5-3-1;;;/h2-3H,4H2,1H3;1-5H;2*1H;/q;;;;+2/p-2. The van der Waals surface area contributed by atoms with Gasteiger partial charge in [0.15, 0.2) is 0 Å². The van der Waals surface area contributed by atoms with Gasteiger partial charge in [0.05, 0.1) is 0 Å². The molecule has 0 heterocycles. The largest absolute Gasteiger partial charge is 0.0312 e. The van der Waals surface area contributed by atoms with Crippen molar-refractivity contribution in [3.8, 4) is 0 Å². The number of Topliss-reactive ketones (excluding diaryl/α,β-unsaturated/α-hetero) is 1. The van der Waals surface area contributed by atoms with Gasteiger partial charge in [0.25, 0.3) is 0 Å². The maximum absolute atomic E-state index is 10.5. The molecule has 0 aromatic heterocycles. The third-order valence-corrected chi connectivity index (χ3v) is 1.67. The van der Waals surface area contributed by atoms with E-state index in [1.165, 1.54) is 0 Å². The van der Waals surface area contributed by atoms with E-state index in [-0.39, 0.29) is 5.78 Å². The van der Waals surface area contributed by atoms with Crippen molar-refractivity contribution in [2.24, 2.45) is 0 Å². The van der Waals surface area contributed by atoms with E-state index in [1.807, 2.05) is 51.9 Å². The molecule has 15 heavy (non-hydrogen) atoms. The number of hydrogen-bond donors (Lipinski definition) is 0. The monoisotopic (exact) mass is 420 g/mol. The quantitative estimate of drug-likeness (QED) is 0.546. The zero-order valence-corrected chi connectivity index (χ0v) is 13.2. The van der Waals surface area contributed by atoms with Gasteiger partial charge in [-0.05, 0) is 44.9 Å². The van der Waals surface area contributed by atoms with Crippen LogP contribution in [0.1, 0.15) is 13.3 Å². The van der Waals surface area contributed by atoms with E-state index >= 15 is 0 Å². The molecular formula is C11H12Br2ORu. The Kier molecular flexibility index (Phi) is 12.7. The molecule has 2 saturated carbocycles. The van der Waals surface area contributed by atoms with Crippen molar-refractivity contribution in [1.82, 2.24) is 0 Å². The molecule has 84 valence electrons. The Balaban J connectivity index is 0.000000216. The predicted molar refractivity (Wildman–Crippen MR) is 66.5 cm³/mol. The van der Waals surface area contributed by atoms with Gasteiger partial charge < -0.3 is 0 Å². The second-order valence-corrected chi connectivity index (χ2v) is 10.7. The number of carbonyl (C=O) groups excluding carboxylic acids is 1. The van der Waals surface area contributed by atoms with Gasteiger partial charge in [-0.1, -0.05) is 6.92 Å². The molecule has 0 aliphatic heterocycles. The van der Waals surface area contributed by atoms with Crippen LogP contribution < -0.4 is 0 Å². The fraction of sp³-hybridized carbons (Fsp3) is 0.182. The minimum absolute atomic E-state index is 0.264. The van der Waals surface area contributed by atoms with E-state index in [0.29, 0.717) is 19.6 Å². The fourth-order valence-corrected chi connectivity index (χ4v) is 0.917. The van der Waals surface area contributed by atoms with Crippen LogP contribution in [0.2, 0.25) is 0 Å². The molecule has 0 bridgehead atoms. The van der Waals surface area contributed by atoms with Crippen LogP contribution in [0.25, 0.3) is 0 Å². The molecule has 4 heteroatoms. The van der Waals surface area contributed by atoms with Crippen LogP contribution in [0.5, 0.6) is 0 Å². The summed E-state index contributed by atoms with van der Waals surface area (Å²) < 4.78 is 0. The molecule has 0 N–H and O–H groups in total. The minimum atomic E-state index is 0.264. The third-order valence-electron chi connectivity index (χ3n) is 1.67. The van der Waals surface area contributed by atoms with Crippen LogP contribution >= 0.6 is 27.2 Å². The van der Waals surface area contributed by atoms with Crippen molar-refractivity contribution < 1.29 is 18.0 Å². The molecule has 0 amide bonds. The molecule has 1 nitrogen and oxygen atoms in total. The first-order valence-electron chi connectivity index (χ1n) is 4.27. The molecule has 0 spiro atoms. The Morgan fingerprint density at radius 3 is 1.67 bits per heavy atom. The van der Waals surface area contributed by atoms with Crippen LogP contribution in [-0.4, -0.2) is 5.78 Å². The van der Waals surface area contributed by atoms with E-state index in [4.69, 9.17) is 0 Å². The summed E-state index contributed by atoms with van der Waals surface area (Å²) >= 11 is 6.64. The van der Waals surface area contributed by atoms with Crippen molar-refractivity contribution in [2.45, 2.75) is 13.3 Å². The average Bonchev–Trinajstić information content (AvgIpc) is 2.84. The topological polar surface area (TPSA) is 17.1 Å². The van der Waals surface area contributed by atoms with Gasteiger partial charge in [0.1, 0.15) is 5.78 Å². The number of carbonyl (C=O) groups is 1. The summed E-state index contributed by atoms with van der Waals surface area (Å²) in [6.07, 6.45) is 14.4. The van der Waals surface area contributed by atoms with E-state index < -0.39 is 0 Å². The van der Waals surface area contributed by atoms with Gasteiger partial charge in [-0.3, -0.25) is 4.79 Å². The summed E-state index contributed by atoms with van der Waals surface area (Å²) in [4.78, 5) is 10.5. The SMILES string of the molecule is C[C]1[CH][CH]CC1=O.[Br][Ru][Br].[CH]1[CH][CH][CH][CH]1. The molecular weight excluding hydrogens is 409 g/mol. The van der Waals surface area contributed by atoms with Crippen LogP contribution in [-0.2, 0) is 18.0 Å². The molecule has 0 aromatic rings. The molecule has 8 radical (unpaired) electrons. The average molecular weight is 421 g/mol. The predicted octanol–water partition coefficient (Wildman–Crippen LogP) is 3.67. The summed E-state index contributed by atoms with van der Waals surface area (Å²) in [7, 11) is 0. The van der Waals surface area contributed by atoms with Gasteiger partial charge in [0.2, 0.25) is 0 Å². The summed E-state index contributed by atoms with van der Waals surface area (Å²) in [5, 5.41) is 0. The maximum Gasteiger partial charge on any atom is -0.0312 e. The molecule has 2 aliphatic rings. The smallest absolute Gasteiger partial charge is 0.0312 e. The first-order valence-corrected chi connectivity index (χ1v) is 12.2. The summed E-state index contributed by atoms with van der Waals surface area (Å²) in [6, 6.07) is 0. The number of hydrogen-bond acceptors (Lipinski definition) is 1. The van der Waals surface area contributed by atoms with Crippen molar-refractivity contribution in [2.75, 3.05) is 0 Å². The Morgan fingerprint density at radius 1 is 1.13 bits per heavy atom. The van der Waals surface area contributed by atoms with Crippen LogP contribution in [0.3, 0.4) is 0 Å². The zero-order chi connectivity index (χ0) is 11.5. The molecule has 2 rings (SSSR count). The summed E-state index contributed by atoms with van der Waals surface area (Å²) in [5.74, 6) is 1.15. The molecule has 0 aromatic carbocycles. The number of halogens is 2. The molecule has 0 unspecified atom stereocenters. The fourth-order valence-electron chi connectivity index (χ4n) is 0.917. The normalized spacial score (nSPS) is 20.6. The van der Waals surface area contributed by atoms with Gasteiger partial charge in [0, 0.05) is 12.3 Å². The van der Waals surface area contributed by atoms with E-state index in [1.54, 1.807) is 0 Å². The van der Waals surface area contributed by atoms with Gasteiger partial charge >= 0.3 is 40.5 Å². The zero-order valence-electron chi connectivity index (χ0n) is 8.27. The van der Waals surface area contributed by atoms with Crippen molar-refractivity contribution >= 4 is 33.0 Å². The Hall–Kier alpha value is 1.25. The Morgan fingerprint density at radius 2 is 1.53 bits per heavy atom. The van der Waals surface area contributed by atoms with Gasteiger partial charge in [-0.15, -0.1) is 0 Å². The second-order valence-electron chi connectivity index (χ2n) is 2.73. The number of rotatable bonds is 0. The Bertz CT molecular complexity index is 153. The molecule has 0 atom stereocenters. The van der Waals surface area contributed by atoms with Gasteiger partial charge in [-0.25, -0.2) is 0 Å². The van der Waals surface area contributed by atoms with E-state index in [9.17, 15) is 4.79 Å². The van der Waals surface area contributed by atoms with Crippen LogP contribution in [0.15, 0.2) is 0 Å².